The van der Waals surface area contributed by atoms with Gasteiger partial charge in [0.15, 0.2) is 0 Å². The van der Waals surface area contributed by atoms with Gasteiger partial charge in [0.1, 0.15) is 17.7 Å². The summed E-state index contributed by atoms with van der Waals surface area (Å²) in [7, 11) is 0. The van der Waals surface area contributed by atoms with E-state index in [0.717, 1.165) is 36.8 Å². The second-order valence-corrected chi connectivity index (χ2v) is 11.4. The summed E-state index contributed by atoms with van der Waals surface area (Å²) < 4.78 is 5.37. The first kappa shape index (κ1) is 32.9. The summed E-state index contributed by atoms with van der Waals surface area (Å²) in [6.45, 7) is 15.1. The molecule has 0 radical (unpaired) electrons. The lowest BCUT2D eigenvalue weighted by Gasteiger charge is -2.34. The van der Waals surface area contributed by atoms with Crippen LogP contribution in [-0.2, 0) is 14.3 Å². The third kappa shape index (κ3) is 10.0. The molecule has 2 rings (SSSR count). The van der Waals surface area contributed by atoms with E-state index in [4.69, 9.17) is 16.3 Å². The highest BCUT2D eigenvalue weighted by Crippen LogP contribution is 2.30. The van der Waals surface area contributed by atoms with E-state index in [9.17, 15) is 14.4 Å². The molecule has 40 heavy (non-hydrogen) atoms. The Morgan fingerprint density at radius 2 is 1.75 bits per heavy atom. The van der Waals surface area contributed by atoms with Gasteiger partial charge < -0.3 is 20.3 Å². The molecule has 0 bridgehead atoms. The Morgan fingerprint density at radius 3 is 2.38 bits per heavy atom. The Kier molecular flexibility index (Phi) is 12.7. The van der Waals surface area contributed by atoms with Crippen LogP contribution in [0.3, 0.4) is 0 Å². The summed E-state index contributed by atoms with van der Waals surface area (Å²) in [6.07, 6.45) is 5.85. The number of alkyl carbamates (subject to hydrolysis) is 1. The molecule has 2 aromatic rings. The normalized spacial score (nSPS) is 12.7. The number of anilines is 1. The molecule has 218 valence electrons. The van der Waals surface area contributed by atoms with Crippen LogP contribution in [-0.4, -0.2) is 41.0 Å². The van der Waals surface area contributed by atoms with E-state index < -0.39 is 29.7 Å². The summed E-state index contributed by atoms with van der Waals surface area (Å²) >= 11 is 6.44. The Hall–Kier alpha value is -3.32. The van der Waals surface area contributed by atoms with Crippen molar-refractivity contribution in [1.82, 2.24) is 10.2 Å². The molecule has 0 aliphatic rings. The fraction of sp³-hybridized carbons (Fsp3) is 0.469. The molecule has 0 fully saturated rings. The molecule has 7 nitrogen and oxygen atoms in total. The lowest BCUT2D eigenvalue weighted by atomic mass is 9.99. The van der Waals surface area contributed by atoms with Gasteiger partial charge in [-0.25, -0.2) is 4.79 Å². The highest BCUT2D eigenvalue weighted by atomic mass is 35.5. The maximum atomic E-state index is 14.0. The number of para-hydroxylation sites is 1. The van der Waals surface area contributed by atoms with Gasteiger partial charge in [0.25, 0.3) is 5.91 Å². The zero-order chi connectivity index (χ0) is 29.9. The first-order valence-electron chi connectivity index (χ1n) is 14.0. The summed E-state index contributed by atoms with van der Waals surface area (Å²) in [5, 5.41) is 6.02. The van der Waals surface area contributed by atoms with Crippen LogP contribution < -0.4 is 10.6 Å². The molecule has 0 spiro atoms. The number of ether oxygens (including phenoxy) is 1. The molecule has 0 aliphatic heterocycles. The standard InChI is InChI=1S/C32H44ClN3O4/c1-8-10-11-12-13-20-36(30(38)23(4)34-31(39)40-32(5,6)7)28(25-18-15-17-24(9-2)21-25)29(37)35-27-22(3)16-14-19-26(27)33/h9,14-19,21,23,28H,2,8,10-13,20H2,1,3-7H3,(H,34,39)(H,35,37). The monoisotopic (exact) mass is 569 g/mol. The van der Waals surface area contributed by atoms with Gasteiger partial charge in [-0.1, -0.05) is 87.2 Å². The molecule has 2 unspecified atom stereocenters. The van der Waals surface area contributed by atoms with Crippen molar-refractivity contribution in [3.05, 3.63) is 70.8 Å². The fourth-order valence-electron chi connectivity index (χ4n) is 4.36. The van der Waals surface area contributed by atoms with Crippen molar-refractivity contribution in [3.8, 4) is 0 Å². The topological polar surface area (TPSA) is 87.7 Å². The summed E-state index contributed by atoms with van der Waals surface area (Å²) in [5.41, 5.74) is 2.03. The number of halogens is 1. The molecule has 0 saturated heterocycles. The predicted molar refractivity (Wildman–Crippen MR) is 163 cm³/mol. The van der Waals surface area contributed by atoms with Crippen LogP contribution in [0.2, 0.25) is 5.02 Å². The minimum atomic E-state index is -0.975. The third-order valence-corrected chi connectivity index (χ3v) is 6.70. The van der Waals surface area contributed by atoms with Crippen LogP contribution >= 0.6 is 11.6 Å². The van der Waals surface area contributed by atoms with Crippen LogP contribution in [0.25, 0.3) is 6.08 Å². The van der Waals surface area contributed by atoms with Crippen molar-refractivity contribution in [2.45, 2.75) is 91.3 Å². The van der Waals surface area contributed by atoms with Gasteiger partial charge in [-0.2, -0.15) is 0 Å². The smallest absolute Gasteiger partial charge is 0.408 e. The van der Waals surface area contributed by atoms with E-state index in [1.165, 1.54) is 0 Å². The number of aryl methyl sites for hydroxylation is 1. The van der Waals surface area contributed by atoms with Crippen LogP contribution in [0.5, 0.6) is 0 Å². The van der Waals surface area contributed by atoms with Crippen LogP contribution in [0.15, 0.2) is 49.0 Å². The quantitative estimate of drug-likeness (QED) is 0.242. The van der Waals surface area contributed by atoms with E-state index in [-0.39, 0.29) is 5.91 Å². The highest BCUT2D eigenvalue weighted by molar-refractivity contribution is 6.34. The molecular formula is C32H44ClN3O4. The lowest BCUT2D eigenvalue weighted by molar-refractivity contribution is -0.140. The molecule has 0 heterocycles. The molecule has 0 aromatic heterocycles. The van der Waals surface area contributed by atoms with Gasteiger partial charge in [0.05, 0.1) is 10.7 Å². The second-order valence-electron chi connectivity index (χ2n) is 11.0. The average Bonchev–Trinajstić information content (AvgIpc) is 2.88. The first-order chi connectivity index (χ1) is 18.9. The highest BCUT2D eigenvalue weighted by Gasteiger charge is 2.35. The van der Waals surface area contributed by atoms with E-state index in [1.807, 2.05) is 43.3 Å². The first-order valence-corrected chi connectivity index (χ1v) is 14.3. The zero-order valence-electron chi connectivity index (χ0n) is 24.7. The fourth-order valence-corrected chi connectivity index (χ4v) is 4.63. The minimum Gasteiger partial charge on any atom is -0.444 e. The summed E-state index contributed by atoms with van der Waals surface area (Å²) in [4.78, 5) is 42.0. The molecule has 0 saturated carbocycles. The summed E-state index contributed by atoms with van der Waals surface area (Å²) in [6, 6.07) is 10.9. The van der Waals surface area contributed by atoms with E-state index in [1.54, 1.807) is 44.7 Å². The zero-order valence-corrected chi connectivity index (χ0v) is 25.4. The third-order valence-electron chi connectivity index (χ3n) is 6.38. The number of rotatable bonds is 13. The van der Waals surface area contributed by atoms with Gasteiger partial charge in [0.2, 0.25) is 5.91 Å². The number of hydrogen-bond acceptors (Lipinski definition) is 4. The van der Waals surface area contributed by atoms with Crippen molar-refractivity contribution in [2.75, 3.05) is 11.9 Å². The molecule has 2 aromatic carbocycles. The van der Waals surface area contributed by atoms with E-state index in [0.29, 0.717) is 29.2 Å². The van der Waals surface area contributed by atoms with Gasteiger partial charge in [-0.05, 0) is 69.9 Å². The maximum Gasteiger partial charge on any atom is 0.408 e. The minimum absolute atomic E-state index is 0.334. The van der Waals surface area contributed by atoms with Crippen molar-refractivity contribution in [3.63, 3.8) is 0 Å². The molecule has 2 atom stereocenters. The van der Waals surface area contributed by atoms with Crippen molar-refractivity contribution >= 4 is 41.3 Å². The lowest BCUT2D eigenvalue weighted by Crippen LogP contribution is -2.51. The average molecular weight is 570 g/mol. The van der Waals surface area contributed by atoms with Gasteiger partial charge in [0, 0.05) is 6.54 Å². The van der Waals surface area contributed by atoms with Crippen LogP contribution in [0.4, 0.5) is 10.5 Å². The Balaban J connectivity index is 2.50. The van der Waals surface area contributed by atoms with Gasteiger partial charge in [-0.3, -0.25) is 9.59 Å². The maximum absolute atomic E-state index is 14.0. The molecule has 8 heteroatoms. The largest absolute Gasteiger partial charge is 0.444 e. The van der Waals surface area contributed by atoms with Gasteiger partial charge in [-0.15, -0.1) is 0 Å². The number of carbonyl (C=O) groups excluding carboxylic acids is 3. The number of nitrogens with one attached hydrogen (secondary N) is 2. The summed E-state index contributed by atoms with van der Waals surface area (Å²) in [5.74, 6) is -0.787. The number of benzene rings is 2. The van der Waals surface area contributed by atoms with Crippen molar-refractivity contribution in [1.29, 1.82) is 0 Å². The Bertz CT molecular complexity index is 1150. The van der Waals surface area contributed by atoms with Crippen LogP contribution in [0, 0.1) is 6.92 Å². The van der Waals surface area contributed by atoms with Crippen molar-refractivity contribution in [2.24, 2.45) is 0 Å². The van der Waals surface area contributed by atoms with Gasteiger partial charge >= 0.3 is 6.09 Å². The molecular weight excluding hydrogens is 526 g/mol. The molecule has 3 amide bonds. The number of unbranched alkanes of at least 4 members (excludes halogenated alkanes) is 4. The van der Waals surface area contributed by atoms with Crippen molar-refractivity contribution < 1.29 is 19.1 Å². The number of carbonyl (C=O) groups is 3. The SMILES string of the molecule is C=Cc1cccc(C(C(=O)Nc2c(C)cccc2Cl)N(CCCCCCC)C(=O)C(C)NC(=O)OC(C)(C)C)c1. The molecule has 2 N–H and O–H groups in total. The van der Waals surface area contributed by atoms with E-state index in [2.05, 4.69) is 24.1 Å². The second kappa shape index (κ2) is 15.5. The van der Waals surface area contributed by atoms with Crippen LogP contribution in [0.1, 0.15) is 89.5 Å². The van der Waals surface area contributed by atoms with E-state index >= 15 is 0 Å². The number of amides is 3. The number of nitrogens with zero attached hydrogens (tertiary/aromatic N) is 1. The molecule has 0 aliphatic carbocycles. The number of hydrogen-bond donors (Lipinski definition) is 2. The predicted octanol–water partition coefficient (Wildman–Crippen LogP) is 7.68. The Labute approximate surface area is 244 Å². The Morgan fingerprint density at radius 1 is 1.07 bits per heavy atom.